The van der Waals surface area contributed by atoms with Gasteiger partial charge in [-0.25, -0.2) is 0 Å². The molecule has 0 atom stereocenters. The molecule has 4 heavy (non-hydrogen) atoms. The quantitative estimate of drug-likeness (QED) is 0.279. The maximum atomic E-state index is 0. The molecule has 22 valence electrons. The first-order valence-corrected chi connectivity index (χ1v) is 0. The van der Waals surface area contributed by atoms with E-state index in [0.717, 1.165) is 0 Å². The Morgan fingerprint density at radius 3 is 0.750 bits per heavy atom. The van der Waals surface area contributed by atoms with Crippen molar-refractivity contribution in [3.05, 3.63) is 0 Å². The summed E-state index contributed by atoms with van der Waals surface area (Å²) in [4.78, 5) is 0. The van der Waals surface area contributed by atoms with Crippen LogP contribution >= 0.6 is 0 Å². The molecular weight excluding hydrogens is 79.3 g/mol. The number of hydrogen-bond acceptors (Lipinski definition) is 0. The van der Waals surface area contributed by atoms with Crippen molar-refractivity contribution in [3.63, 3.8) is 0 Å². The third-order valence-corrected chi connectivity index (χ3v) is 0. The molecule has 0 fully saturated rings. The molecule has 4 heteroatoms. The van der Waals surface area contributed by atoms with E-state index >= 15 is 0 Å². The molecule has 0 aliphatic rings. The first-order valence-electron chi connectivity index (χ1n) is 0. The third-order valence-electron chi connectivity index (χ3n) is 0. The van der Waals surface area contributed by atoms with Crippen LogP contribution in [0.3, 0.4) is 0 Å². The summed E-state index contributed by atoms with van der Waals surface area (Å²) in [5.74, 6) is 0. The van der Waals surface area contributed by atoms with E-state index in [2.05, 4.69) is 0 Å². The van der Waals surface area contributed by atoms with Crippen LogP contribution in [-0.4, -0.2) is 63.6 Å². The van der Waals surface area contributed by atoms with Crippen LogP contribution in [-0.2, 0) is 0 Å². The summed E-state index contributed by atoms with van der Waals surface area (Å²) >= 11 is 0. The molecule has 0 rings (SSSR count). The van der Waals surface area contributed by atoms with Gasteiger partial charge in [-0.15, -0.1) is 0 Å². The molecule has 0 amide bonds. The van der Waals surface area contributed by atoms with Crippen molar-refractivity contribution in [2.75, 3.05) is 0 Å². The zero-order valence-corrected chi connectivity index (χ0v) is 1.00. The van der Waals surface area contributed by atoms with E-state index in [1.54, 1.807) is 0 Å². The molecule has 0 aromatic rings. The van der Waals surface area contributed by atoms with Gasteiger partial charge < -0.3 is 11.0 Å². The summed E-state index contributed by atoms with van der Waals surface area (Å²) in [6.07, 6.45) is 0. The van der Waals surface area contributed by atoms with Crippen molar-refractivity contribution in [1.82, 2.24) is 0 Å². The van der Waals surface area contributed by atoms with Gasteiger partial charge in [0.1, 0.15) is 0 Å². The van der Waals surface area contributed by atoms with E-state index in [0.29, 0.717) is 0 Å². The molecule has 0 aromatic heterocycles. The first kappa shape index (κ1) is 43.9. The van der Waals surface area contributed by atoms with Gasteiger partial charge in [-0.3, -0.25) is 0 Å². The van der Waals surface area contributed by atoms with Crippen LogP contribution in [0.1, 0.15) is 0 Å². The second-order valence-corrected chi connectivity index (χ2v) is 0. The van der Waals surface area contributed by atoms with Crippen LogP contribution in [0.15, 0.2) is 0 Å². The van der Waals surface area contributed by atoms with E-state index in [4.69, 9.17) is 0 Å². The van der Waals surface area contributed by atoms with Gasteiger partial charge in [0.25, 0.3) is 0 Å². The average molecular weight is 86.3 g/mol. The van der Waals surface area contributed by atoms with Gasteiger partial charge in [0, 0.05) is 0 Å². The van der Waals surface area contributed by atoms with Crippen molar-refractivity contribution in [1.29, 1.82) is 0 Å². The molecule has 0 spiro atoms. The summed E-state index contributed by atoms with van der Waals surface area (Å²) in [7, 11) is 0. The van der Waals surface area contributed by atoms with Crippen molar-refractivity contribution >= 4 is 52.6 Å². The van der Waals surface area contributed by atoms with E-state index in [-0.39, 0.29) is 63.6 Å². The molecule has 0 bridgehead atoms. The topological polar surface area (TPSA) is 63.0 Å². The van der Waals surface area contributed by atoms with E-state index in [1.165, 1.54) is 0 Å². The van der Waals surface area contributed by atoms with Crippen molar-refractivity contribution in [2.24, 2.45) is 0 Å². The second kappa shape index (κ2) is 22.4. The van der Waals surface area contributed by atoms with Gasteiger partial charge in [-0.2, -0.15) is 0 Å². The molecule has 0 saturated carbocycles. The fraction of sp³-hybridized carbons (Fsp3) is 0. The van der Waals surface area contributed by atoms with Crippen molar-refractivity contribution in [2.45, 2.75) is 0 Å². The van der Waals surface area contributed by atoms with E-state index < -0.39 is 0 Å². The Morgan fingerprint density at radius 1 is 0.750 bits per heavy atom. The molecule has 0 saturated heterocycles. The zero-order chi connectivity index (χ0) is 0. The summed E-state index contributed by atoms with van der Waals surface area (Å²) in [5, 5.41) is 0. The normalized spacial score (nSPS) is 0. The summed E-state index contributed by atoms with van der Waals surface area (Å²) < 4.78 is 0. The van der Waals surface area contributed by atoms with Crippen LogP contribution < -0.4 is 0 Å². The Balaban J connectivity index is 0. The first-order chi connectivity index (χ1) is 0. The van der Waals surface area contributed by atoms with Gasteiger partial charge in [0.2, 0.25) is 0 Å². The van der Waals surface area contributed by atoms with Crippen LogP contribution in [0.25, 0.3) is 0 Å². The molecule has 0 aliphatic heterocycles. The summed E-state index contributed by atoms with van der Waals surface area (Å²) in [5.41, 5.74) is 0. The Kier molecular flexibility index (Phi) is 246. The molecular formula is H7MgNaO2. The standard InChI is InChI=1S/Mg.Na.2H2O.3H/h;;2*1H2;;;. The predicted molar refractivity (Wildman–Crippen MR) is 22.9 cm³/mol. The van der Waals surface area contributed by atoms with Gasteiger partial charge in [-0.1, -0.05) is 0 Å². The van der Waals surface area contributed by atoms with Crippen LogP contribution in [0.4, 0.5) is 0 Å². The molecule has 0 heterocycles. The third kappa shape index (κ3) is 9.35. The van der Waals surface area contributed by atoms with Crippen LogP contribution in [0, 0.1) is 0 Å². The molecule has 0 aliphatic carbocycles. The molecule has 2 nitrogen and oxygen atoms in total. The minimum absolute atomic E-state index is 0. The molecule has 0 radical (unpaired) electrons. The Bertz CT molecular complexity index is 6.00. The summed E-state index contributed by atoms with van der Waals surface area (Å²) in [6, 6.07) is 0. The number of hydrogen-bond donors (Lipinski definition) is 0. The minimum atomic E-state index is 0. The predicted octanol–water partition coefficient (Wildman–Crippen LogP) is -3.21. The average Bonchev–Trinajstić information content (AvgIpc) is 0. The monoisotopic (exact) mass is 86.0 g/mol. The van der Waals surface area contributed by atoms with Crippen LogP contribution in [0.2, 0.25) is 0 Å². The Morgan fingerprint density at radius 2 is 0.750 bits per heavy atom. The molecule has 0 aromatic carbocycles. The number of rotatable bonds is 0. The Labute approximate surface area is 63.0 Å². The second-order valence-electron chi connectivity index (χ2n) is 0. The van der Waals surface area contributed by atoms with Gasteiger partial charge in [0.15, 0.2) is 0 Å². The van der Waals surface area contributed by atoms with Crippen LogP contribution in [0.5, 0.6) is 0 Å². The molecule has 4 N–H and O–H groups in total. The fourth-order valence-electron chi connectivity index (χ4n) is 0. The van der Waals surface area contributed by atoms with Gasteiger partial charge in [0.05, 0.1) is 0 Å². The SMILES string of the molecule is O.O.[MgH2].[NaH]. The molecule has 0 unspecified atom stereocenters. The van der Waals surface area contributed by atoms with Crippen molar-refractivity contribution in [3.8, 4) is 0 Å². The van der Waals surface area contributed by atoms with E-state index in [9.17, 15) is 0 Å². The van der Waals surface area contributed by atoms with Gasteiger partial charge in [-0.05, 0) is 0 Å². The fourth-order valence-corrected chi connectivity index (χ4v) is 0. The maximum absolute atomic E-state index is 0. The van der Waals surface area contributed by atoms with Gasteiger partial charge >= 0.3 is 52.6 Å². The van der Waals surface area contributed by atoms with E-state index in [1.807, 2.05) is 0 Å². The van der Waals surface area contributed by atoms with Crippen molar-refractivity contribution < 1.29 is 11.0 Å². The Hall–Kier alpha value is 1.69. The summed E-state index contributed by atoms with van der Waals surface area (Å²) in [6.45, 7) is 0. The zero-order valence-electron chi connectivity index (χ0n) is 1.00.